The maximum Gasteiger partial charge on any atom is 0.416 e. The van der Waals surface area contributed by atoms with E-state index >= 15 is 0 Å². The number of carbonyl (C=O) groups excluding carboxylic acids is 1. The fourth-order valence-corrected chi connectivity index (χ4v) is 4.55. The molecule has 1 amide bonds. The Morgan fingerprint density at radius 2 is 1.75 bits per heavy atom. The average molecular weight is 435 g/mol. The lowest BCUT2D eigenvalue weighted by atomic mass is 9.77. The molecule has 32 heavy (non-hydrogen) atoms. The Bertz CT molecular complexity index is 1170. The Morgan fingerprint density at radius 1 is 1.06 bits per heavy atom. The van der Waals surface area contributed by atoms with E-state index in [4.69, 9.17) is 0 Å². The number of halogens is 3. The molecule has 0 spiro atoms. The standard InChI is InChI=1S/C27H24F3NO/c1-4-21-23-8-6-5-7-18(23)15-24(21)22-14-9-16(2)25(17(22)3)26(32)31-20-12-10-19(11-13-20)27(28,29)30/h5-15,21,25H,3-4H2,1-2H3,(H,31,32). The monoisotopic (exact) mass is 435 g/mol. The summed E-state index contributed by atoms with van der Waals surface area (Å²) in [5.74, 6) is -0.655. The second-order valence-electron chi connectivity index (χ2n) is 8.20. The first-order valence-corrected chi connectivity index (χ1v) is 10.6. The minimum absolute atomic E-state index is 0.236. The molecule has 2 aliphatic carbocycles. The molecule has 1 N–H and O–H groups in total. The molecule has 2 aliphatic rings. The Morgan fingerprint density at radius 3 is 2.41 bits per heavy atom. The molecule has 164 valence electrons. The summed E-state index contributed by atoms with van der Waals surface area (Å²) in [5.41, 5.74) is 5.66. The van der Waals surface area contributed by atoms with Gasteiger partial charge in [-0.25, -0.2) is 0 Å². The second-order valence-corrected chi connectivity index (χ2v) is 8.20. The molecule has 2 aromatic rings. The predicted octanol–water partition coefficient (Wildman–Crippen LogP) is 7.29. The van der Waals surface area contributed by atoms with E-state index in [2.05, 4.69) is 37.0 Å². The molecule has 2 unspecified atom stereocenters. The minimum atomic E-state index is -4.42. The average Bonchev–Trinajstić information content (AvgIpc) is 3.12. The van der Waals surface area contributed by atoms with Crippen LogP contribution in [0, 0.1) is 5.92 Å². The van der Waals surface area contributed by atoms with Crippen molar-refractivity contribution in [3.05, 3.63) is 106 Å². The number of hydrogen-bond acceptors (Lipinski definition) is 1. The van der Waals surface area contributed by atoms with Crippen LogP contribution in [0.5, 0.6) is 0 Å². The third-order valence-corrected chi connectivity index (χ3v) is 6.18. The van der Waals surface area contributed by atoms with Crippen LogP contribution in [0.4, 0.5) is 18.9 Å². The van der Waals surface area contributed by atoms with Crippen LogP contribution < -0.4 is 5.32 Å². The Kier molecular flexibility index (Phi) is 5.68. The summed E-state index contributed by atoms with van der Waals surface area (Å²) in [6.07, 6.45) is 2.62. The Balaban J connectivity index is 1.57. The summed E-state index contributed by atoms with van der Waals surface area (Å²) in [4.78, 5) is 13.1. The number of fused-ring (bicyclic) bond motifs is 1. The molecule has 0 fully saturated rings. The number of allylic oxidation sites excluding steroid dienone is 4. The maximum atomic E-state index is 13.1. The van der Waals surface area contributed by atoms with E-state index in [1.54, 1.807) is 0 Å². The Hall–Kier alpha value is -3.34. The molecule has 0 saturated carbocycles. The summed E-state index contributed by atoms with van der Waals surface area (Å²) >= 11 is 0. The molecule has 0 saturated heterocycles. The first kappa shape index (κ1) is 21.9. The number of carbonyl (C=O) groups is 1. The molecule has 0 aromatic heterocycles. The molecular formula is C27H24F3NO. The maximum absolute atomic E-state index is 13.1. The van der Waals surface area contributed by atoms with Crippen LogP contribution in [0.2, 0.25) is 0 Å². The van der Waals surface area contributed by atoms with Gasteiger partial charge in [-0.2, -0.15) is 13.2 Å². The first-order valence-electron chi connectivity index (χ1n) is 10.6. The van der Waals surface area contributed by atoms with Crippen molar-refractivity contribution in [1.29, 1.82) is 0 Å². The van der Waals surface area contributed by atoms with Gasteiger partial charge in [-0.1, -0.05) is 61.6 Å². The Labute approximate surface area is 185 Å². The van der Waals surface area contributed by atoms with Crippen LogP contribution in [0.3, 0.4) is 0 Å². The minimum Gasteiger partial charge on any atom is -0.325 e. The normalized spacial score (nSPS) is 20.3. The van der Waals surface area contributed by atoms with E-state index in [0.29, 0.717) is 11.3 Å². The van der Waals surface area contributed by atoms with Crippen molar-refractivity contribution in [2.75, 3.05) is 5.32 Å². The fourth-order valence-electron chi connectivity index (χ4n) is 4.55. The quantitative estimate of drug-likeness (QED) is 0.537. The van der Waals surface area contributed by atoms with Gasteiger partial charge in [-0.05, 0) is 65.5 Å². The number of amides is 1. The third-order valence-electron chi connectivity index (χ3n) is 6.18. The molecule has 2 nitrogen and oxygen atoms in total. The van der Waals surface area contributed by atoms with Crippen LogP contribution in [-0.2, 0) is 11.0 Å². The number of benzene rings is 2. The van der Waals surface area contributed by atoms with Gasteiger partial charge in [0.15, 0.2) is 0 Å². The van der Waals surface area contributed by atoms with Crippen molar-refractivity contribution < 1.29 is 18.0 Å². The SMILES string of the molecule is C=C1C(C2=Cc3ccccc3C2CC)=CC=C(C)C1C(=O)Nc1ccc(C(F)(F)F)cc1. The number of alkyl halides is 3. The third kappa shape index (κ3) is 3.95. The van der Waals surface area contributed by atoms with Gasteiger partial charge in [-0.15, -0.1) is 0 Å². The number of hydrogen-bond donors (Lipinski definition) is 1. The zero-order valence-electron chi connectivity index (χ0n) is 18.0. The first-order chi connectivity index (χ1) is 15.2. The molecular weight excluding hydrogens is 411 g/mol. The van der Waals surface area contributed by atoms with Crippen molar-refractivity contribution in [3.63, 3.8) is 0 Å². The summed E-state index contributed by atoms with van der Waals surface area (Å²) in [7, 11) is 0. The van der Waals surface area contributed by atoms with Crippen LogP contribution in [0.1, 0.15) is 42.9 Å². The number of nitrogens with one attached hydrogen (secondary N) is 1. The van der Waals surface area contributed by atoms with Crippen molar-refractivity contribution >= 4 is 17.7 Å². The molecule has 2 atom stereocenters. The van der Waals surface area contributed by atoms with Gasteiger partial charge in [0.2, 0.25) is 5.91 Å². The fraction of sp³-hybridized carbons (Fsp3) is 0.222. The van der Waals surface area contributed by atoms with Crippen LogP contribution >= 0.6 is 0 Å². The van der Waals surface area contributed by atoms with Gasteiger partial charge in [-0.3, -0.25) is 4.79 Å². The van der Waals surface area contributed by atoms with E-state index in [0.717, 1.165) is 35.3 Å². The van der Waals surface area contributed by atoms with Gasteiger partial charge in [0.1, 0.15) is 0 Å². The largest absolute Gasteiger partial charge is 0.416 e. The van der Waals surface area contributed by atoms with Gasteiger partial charge >= 0.3 is 6.18 Å². The molecule has 5 heteroatoms. The van der Waals surface area contributed by atoms with Crippen molar-refractivity contribution in [3.8, 4) is 0 Å². The van der Waals surface area contributed by atoms with E-state index in [9.17, 15) is 18.0 Å². The lowest BCUT2D eigenvalue weighted by Crippen LogP contribution is -2.27. The number of rotatable bonds is 4. The summed E-state index contributed by atoms with van der Waals surface area (Å²) in [6.45, 7) is 8.26. The summed E-state index contributed by atoms with van der Waals surface area (Å²) < 4.78 is 38.4. The zero-order chi connectivity index (χ0) is 23.0. The van der Waals surface area contributed by atoms with Crippen molar-refractivity contribution in [2.45, 2.75) is 32.4 Å². The van der Waals surface area contributed by atoms with Crippen molar-refractivity contribution in [2.24, 2.45) is 5.92 Å². The van der Waals surface area contributed by atoms with Crippen molar-refractivity contribution in [1.82, 2.24) is 0 Å². The highest BCUT2D eigenvalue weighted by atomic mass is 19.4. The van der Waals surface area contributed by atoms with Gasteiger partial charge in [0.25, 0.3) is 0 Å². The van der Waals surface area contributed by atoms with E-state index < -0.39 is 17.7 Å². The number of anilines is 1. The van der Waals surface area contributed by atoms with E-state index in [1.165, 1.54) is 23.3 Å². The van der Waals surface area contributed by atoms with E-state index in [1.807, 2.05) is 31.2 Å². The highest BCUT2D eigenvalue weighted by Gasteiger charge is 2.34. The zero-order valence-corrected chi connectivity index (χ0v) is 18.0. The molecule has 0 aliphatic heterocycles. The summed E-state index contributed by atoms with van der Waals surface area (Å²) in [5, 5.41) is 2.75. The molecule has 0 radical (unpaired) electrons. The van der Waals surface area contributed by atoms with Crippen LogP contribution in [0.25, 0.3) is 6.08 Å². The highest BCUT2D eigenvalue weighted by Crippen LogP contribution is 2.46. The molecule has 4 rings (SSSR count). The summed E-state index contributed by atoms with van der Waals surface area (Å²) in [6, 6.07) is 12.7. The predicted molar refractivity (Wildman–Crippen MR) is 122 cm³/mol. The molecule has 0 bridgehead atoms. The second kappa shape index (κ2) is 8.30. The van der Waals surface area contributed by atoms with Crippen LogP contribution in [0.15, 0.2) is 89.6 Å². The lowest BCUT2D eigenvalue weighted by molar-refractivity contribution is -0.137. The smallest absolute Gasteiger partial charge is 0.325 e. The van der Waals surface area contributed by atoms with Crippen LogP contribution in [-0.4, -0.2) is 5.91 Å². The lowest BCUT2D eigenvalue weighted by Gasteiger charge is -2.28. The van der Waals surface area contributed by atoms with Gasteiger partial charge in [0.05, 0.1) is 11.5 Å². The highest BCUT2D eigenvalue weighted by molar-refractivity contribution is 5.98. The van der Waals surface area contributed by atoms with Gasteiger partial charge < -0.3 is 5.32 Å². The van der Waals surface area contributed by atoms with Gasteiger partial charge in [0, 0.05) is 11.6 Å². The molecule has 0 heterocycles. The topological polar surface area (TPSA) is 29.1 Å². The molecule has 2 aromatic carbocycles. The van der Waals surface area contributed by atoms with E-state index in [-0.39, 0.29) is 11.8 Å².